The Morgan fingerprint density at radius 3 is 2.71 bits per heavy atom. The summed E-state index contributed by atoms with van der Waals surface area (Å²) in [6.07, 6.45) is 1.50. The van der Waals surface area contributed by atoms with E-state index in [0.29, 0.717) is 5.75 Å². The third-order valence-corrected chi connectivity index (χ3v) is 4.41. The van der Waals surface area contributed by atoms with Gasteiger partial charge in [-0.15, -0.1) is 0 Å². The van der Waals surface area contributed by atoms with Gasteiger partial charge in [0.2, 0.25) is 0 Å². The van der Waals surface area contributed by atoms with Gasteiger partial charge in [-0.2, -0.15) is 0 Å². The largest absolute Gasteiger partial charge is 0.479 e. The van der Waals surface area contributed by atoms with Crippen molar-refractivity contribution in [1.82, 2.24) is 4.90 Å². The van der Waals surface area contributed by atoms with Gasteiger partial charge >= 0.3 is 0 Å². The van der Waals surface area contributed by atoms with Crippen LogP contribution in [0.5, 0.6) is 5.75 Å². The summed E-state index contributed by atoms with van der Waals surface area (Å²) >= 11 is 0. The van der Waals surface area contributed by atoms with Gasteiger partial charge in [0.15, 0.2) is 6.10 Å². The first-order valence-corrected chi connectivity index (χ1v) is 7.52. The van der Waals surface area contributed by atoms with Crippen molar-refractivity contribution < 1.29 is 14.6 Å². The standard InChI is InChI=1S/C16H22N2O3/c1-11-16(20)18(13-5-7-17(2)8-6-13)14-4-3-12(10-19)9-15(14)21-11/h3-4,9,11,13,19H,5-8,10H2,1-2H3. The van der Waals surface area contributed by atoms with Crippen LogP contribution in [0.25, 0.3) is 0 Å². The van der Waals surface area contributed by atoms with E-state index in [1.54, 1.807) is 6.92 Å². The maximum absolute atomic E-state index is 12.6. The van der Waals surface area contributed by atoms with Crippen molar-refractivity contribution in [3.63, 3.8) is 0 Å². The van der Waals surface area contributed by atoms with E-state index in [9.17, 15) is 9.90 Å². The van der Waals surface area contributed by atoms with Crippen molar-refractivity contribution in [2.24, 2.45) is 0 Å². The van der Waals surface area contributed by atoms with Gasteiger partial charge in [0, 0.05) is 6.04 Å². The van der Waals surface area contributed by atoms with E-state index < -0.39 is 6.10 Å². The molecule has 0 saturated carbocycles. The Labute approximate surface area is 125 Å². The SMILES string of the molecule is CC1Oc2cc(CO)ccc2N(C2CCN(C)CC2)C1=O. The predicted molar refractivity (Wildman–Crippen MR) is 80.5 cm³/mol. The second kappa shape index (κ2) is 5.66. The molecule has 2 aliphatic rings. The molecular weight excluding hydrogens is 268 g/mol. The Balaban J connectivity index is 1.94. The molecule has 1 aromatic rings. The molecule has 3 rings (SSSR count). The molecular formula is C16H22N2O3. The lowest BCUT2D eigenvalue weighted by molar-refractivity contribution is -0.126. The van der Waals surface area contributed by atoms with E-state index in [0.717, 1.165) is 37.2 Å². The summed E-state index contributed by atoms with van der Waals surface area (Å²) in [5, 5.41) is 9.26. The molecule has 1 amide bonds. The average Bonchev–Trinajstić information content (AvgIpc) is 2.49. The van der Waals surface area contributed by atoms with Crippen molar-refractivity contribution in [3.8, 4) is 5.75 Å². The smallest absolute Gasteiger partial charge is 0.268 e. The molecule has 21 heavy (non-hydrogen) atoms. The number of piperidine rings is 1. The van der Waals surface area contributed by atoms with Crippen LogP contribution in [0.1, 0.15) is 25.3 Å². The molecule has 0 aliphatic carbocycles. The lowest BCUT2D eigenvalue weighted by Gasteiger charge is -2.41. The van der Waals surface area contributed by atoms with Crippen LogP contribution in [0, 0.1) is 0 Å². The van der Waals surface area contributed by atoms with E-state index in [2.05, 4.69) is 11.9 Å². The van der Waals surface area contributed by atoms with Crippen LogP contribution in [0.15, 0.2) is 18.2 Å². The number of rotatable bonds is 2. The van der Waals surface area contributed by atoms with Crippen molar-refractivity contribution in [2.75, 3.05) is 25.0 Å². The molecule has 1 saturated heterocycles. The van der Waals surface area contributed by atoms with E-state index in [-0.39, 0.29) is 18.6 Å². The first-order valence-electron chi connectivity index (χ1n) is 7.52. The number of hydrogen-bond donors (Lipinski definition) is 1. The molecule has 5 heteroatoms. The minimum absolute atomic E-state index is 0.0206. The van der Waals surface area contributed by atoms with Crippen LogP contribution in [0.4, 0.5) is 5.69 Å². The molecule has 0 spiro atoms. The Bertz CT molecular complexity index is 538. The molecule has 1 aromatic carbocycles. The Kier molecular flexibility index (Phi) is 3.87. The first-order chi connectivity index (χ1) is 10.1. The quantitative estimate of drug-likeness (QED) is 0.894. The van der Waals surface area contributed by atoms with E-state index >= 15 is 0 Å². The molecule has 1 atom stereocenters. The minimum atomic E-state index is -0.467. The van der Waals surface area contributed by atoms with Crippen LogP contribution in [0.3, 0.4) is 0 Å². The number of anilines is 1. The summed E-state index contributed by atoms with van der Waals surface area (Å²) in [4.78, 5) is 16.8. The maximum atomic E-state index is 12.6. The second-order valence-corrected chi connectivity index (χ2v) is 5.96. The number of amides is 1. The fourth-order valence-corrected chi connectivity index (χ4v) is 3.14. The van der Waals surface area contributed by atoms with Crippen LogP contribution in [-0.4, -0.2) is 48.2 Å². The molecule has 1 fully saturated rings. The van der Waals surface area contributed by atoms with Crippen LogP contribution >= 0.6 is 0 Å². The molecule has 2 aliphatic heterocycles. The lowest BCUT2D eigenvalue weighted by Crippen LogP contribution is -2.52. The van der Waals surface area contributed by atoms with Crippen LogP contribution in [-0.2, 0) is 11.4 Å². The van der Waals surface area contributed by atoms with Crippen LogP contribution < -0.4 is 9.64 Å². The number of hydrogen-bond acceptors (Lipinski definition) is 4. The molecule has 0 aromatic heterocycles. The Hall–Kier alpha value is -1.59. The second-order valence-electron chi connectivity index (χ2n) is 5.96. The summed E-state index contributed by atoms with van der Waals surface area (Å²) in [6, 6.07) is 5.81. The minimum Gasteiger partial charge on any atom is -0.479 e. The highest BCUT2D eigenvalue weighted by atomic mass is 16.5. The zero-order valence-electron chi connectivity index (χ0n) is 12.6. The maximum Gasteiger partial charge on any atom is 0.268 e. The zero-order valence-corrected chi connectivity index (χ0v) is 12.6. The molecule has 5 nitrogen and oxygen atoms in total. The number of aliphatic hydroxyl groups is 1. The normalized spacial score (nSPS) is 23.9. The Morgan fingerprint density at radius 1 is 1.33 bits per heavy atom. The summed E-state index contributed by atoms with van der Waals surface area (Å²) in [5.74, 6) is 0.737. The molecule has 0 bridgehead atoms. The van der Waals surface area contributed by atoms with Gasteiger partial charge in [-0.1, -0.05) is 6.07 Å². The van der Waals surface area contributed by atoms with Crippen molar-refractivity contribution in [2.45, 2.75) is 38.5 Å². The van der Waals surface area contributed by atoms with E-state index in [4.69, 9.17) is 4.74 Å². The number of ether oxygens (including phenoxy) is 1. The summed E-state index contributed by atoms with van der Waals surface area (Å²) in [5.41, 5.74) is 1.64. The molecule has 1 N–H and O–H groups in total. The van der Waals surface area contributed by atoms with Crippen molar-refractivity contribution >= 4 is 11.6 Å². The van der Waals surface area contributed by atoms with Gasteiger partial charge in [0.05, 0.1) is 12.3 Å². The number of benzene rings is 1. The van der Waals surface area contributed by atoms with Gasteiger partial charge in [-0.3, -0.25) is 4.79 Å². The Morgan fingerprint density at radius 2 is 2.05 bits per heavy atom. The molecule has 2 heterocycles. The highest BCUT2D eigenvalue weighted by Crippen LogP contribution is 2.37. The van der Waals surface area contributed by atoms with Gasteiger partial charge in [-0.05, 0) is 57.6 Å². The van der Waals surface area contributed by atoms with Gasteiger partial charge in [0.1, 0.15) is 5.75 Å². The van der Waals surface area contributed by atoms with Gasteiger partial charge in [0.25, 0.3) is 5.91 Å². The van der Waals surface area contributed by atoms with Crippen molar-refractivity contribution in [1.29, 1.82) is 0 Å². The fraction of sp³-hybridized carbons (Fsp3) is 0.562. The van der Waals surface area contributed by atoms with Crippen molar-refractivity contribution in [3.05, 3.63) is 23.8 Å². The van der Waals surface area contributed by atoms with E-state index in [1.807, 2.05) is 23.1 Å². The monoisotopic (exact) mass is 290 g/mol. The molecule has 0 radical (unpaired) electrons. The summed E-state index contributed by atoms with van der Waals surface area (Å²) < 4.78 is 5.72. The lowest BCUT2D eigenvalue weighted by atomic mass is 10.00. The number of fused-ring (bicyclic) bond motifs is 1. The zero-order chi connectivity index (χ0) is 15.0. The summed E-state index contributed by atoms with van der Waals surface area (Å²) in [6.45, 7) is 3.79. The number of carbonyl (C=O) groups excluding carboxylic acids is 1. The highest BCUT2D eigenvalue weighted by molar-refractivity contribution is 6.00. The first kappa shape index (κ1) is 14.4. The predicted octanol–water partition coefficient (Wildman–Crippen LogP) is 1.39. The number of likely N-dealkylation sites (tertiary alicyclic amines) is 1. The average molecular weight is 290 g/mol. The molecule has 1 unspecified atom stereocenters. The fourth-order valence-electron chi connectivity index (χ4n) is 3.14. The number of aliphatic hydroxyl groups excluding tert-OH is 1. The molecule has 114 valence electrons. The number of carbonyl (C=O) groups is 1. The van der Waals surface area contributed by atoms with E-state index in [1.165, 1.54) is 0 Å². The third kappa shape index (κ3) is 2.63. The van der Waals surface area contributed by atoms with Gasteiger partial charge < -0.3 is 19.6 Å². The summed E-state index contributed by atoms with van der Waals surface area (Å²) in [7, 11) is 2.11. The van der Waals surface area contributed by atoms with Crippen LogP contribution in [0.2, 0.25) is 0 Å². The number of nitrogens with zero attached hydrogens (tertiary/aromatic N) is 2. The topological polar surface area (TPSA) is 53.0 Å². The highest BCUT2D eigenvalue weighted by Gasteiger charge is 2.37. The third-order valence-electron chi connectivity index (χ3n) is 4.41. The van der Waals surface area contributed by atoms with Gasteiger partial charge in [-0.25, -0.2) is 0 Å².